The maximum atomic E-state index is 12.3. The first-order valence-corrected chi connectivity index (χ1v) is 7.72. The van der Waals surface area contributed by atoms with Gasteiger partial charge in [-0.25, -0.2) is 0 Å². The minimum absolute atomic E-state index is 0.222. The molecular formula is C14H13BN2O3S. The minimum atomic E-state index is -1.55. The van der Waals surface area contributed by atoms with E-state index in [1.165, 1.54) is 0 Å². The van der Waals surface area contributed by atoms with Gasteiger partial charge in [0.2, 0.25) is 0 Å². The fraction of sp³-hybridized carbons (Fsp3) is 0.0714. The molecule has 5 nitrogen and oxygen atoms in total. The molecule has 3 rings (SSSR count). The molecule has 3 aromatic rings. The highest BCUT2D eigenvalue weighted by atomic mass is 32.2. The second kappa shape index (κ2) is 5.81. The van der Waals surface area contributed by atoms with Gasteiger partial charge in [-0.3, -0.25) is 8.89 Å². The zero-order valence-corrected chi connectivity index (χ0v) is 11.9. The van der Waals surface area contributed by atoms with E-state index in [1.54, 1.807) is 29.1 Å². The highest BCUT2D eigenvalue weighted by Gasteiger charge is 2.16. The molecule has 0 radical (unpaired) electrons. The van der Waals surface area contributed by atoms with Gasteiger partial charge < -0.3 is 10.0 Å². The van der Waals surface area contributed by atoms with Crippen LogP contribution in [0.15, 0.2) is 59.6 Å². The van der Waals surface area contributed by atoms with E-state index in [9.17, 15) is 14.3 Å². The Balaban J connectivity index is 1.92. The summed E-state index contributed by atoms with van der Waals surface area (Å²) in [5.41, 5.74) is 1.04. The van der Waals surface area contributed by atoms with E-state index in [0.29, 0.717) is 16.4 Å². The lowest BCUT2D eigenvalue weighted by Crippen LogP contribution is -2.30. The van der Waals surface area contributed by atoms with E-state index in [0.717, 1.165) is 4.90 Å². The summed E-state index contributed by atoms with van der Waals surface area (Å²) < 4.78 is 13.8. The predicted molar refractivity (Wildman–Crippen MR) is 82.4 cm³/mol. The van der Waals surface area contributed by atoms with Gasteiger partial charge in [-0.1, -0.05) is 30.3 Å². The van der Waals surface area contributed by atoms with Crippen LogP contribution in [-0.2, 0) is 16.7 Å². The Morgan fingerprint density at radius 3 is 2.57 bits per heavy atom. The molecule has 0 amide bonds. The van der Waals surface area contributed by atoms with Gasteiger partial charge in [0.05, 0.1) is 16.3 Å². The highest BCUT2D eigenvalue weighted by Crippen LogP contribution is 2.12. The van der Waals surface area contributed by atoms with E-state index >= 15 is 0 Å². The Morgan fingerprint density at radius 2 is 1.86 bits per heavy atom. The fourth-order valence-corrected chi connectivity index (χ4v) is 3.16. The Morgan fingerprint density at radius 1 is 1.10 bits per heavy atom. The smallest absolute Gasteiger partial charge is 0.423 e. The molecule has 0 aliphatic rings. The molecule has 0 saturated carbocycles. The number of fused-ring (bicyclic) bond motifs is 1. The monoisotopic (exact) mass is 300 g/mol. The van der Waals surface area contributed by atoms with Gasteiger partial charge in [-0.05, 0) is 23.7 Å². The predicted octanol–water partition coefficient (Wildman–Crippen LogP) is 0.481. The lowest BCUT2D eigenvalue weighted by atomic mass is 9.78. The van der Waals surface area contributed by atoms with E-state index in [4.69, 9.17) is 0 Å². The first kappa shape index (κ1) is 14.0. The van der Waals surface area contributed by atoms with Crippen LogP contribution in [0.4, 0.5) is 0 Å². The van der Waals surface area contributed by atoms with Crippen molar-refractivity contribution in [2.24, 2.45) is 0 Å². The van der Waals surface area contributed by atoms with Crippen molar-refractivity contribution in [3.8, 4) is 0 Å². The molecule has 2 N–H and O–H groups in total. The molecule has 0 bridgehead atoms. The van der Waals surface area contributed by atoms with Crippen LogP contribution in [-0.4, -0.2) is 31.2 Å². The number of hydrogen-bond donors (Lipinski definition) is 2. The Hall–Kier alpha value is -1.96. The maximum absolute atomic E-state index is 12.3. The molecule has 1 aromatic heterocycles. The SMILES string of the molecule is O=S(Cn1cc2c(B(O)O)cccc2n1)c1ccccc1. The van der Waals surface area contributed by atoms with Crippen molar-refractivity contribution >= 4 is 34.3 Å². The van der Waals surface area contributed by atoms with Crippen molar-refractivity contribution < 1.29 is 14.3 Å². The Bertz CT molecular complexity index is 789. The van der Waals surface area contributed by atoms with Crippen molar-refractivity contribution in [1.82, 2.24) is 9.78 Å². The molecular weight excluding hydrogens is 287 g/mol. The van der Waals surface area contributed by atoms with Gasteiger partial charge in [0.1, 0.15) is 5.88 Å². The quantitative estimate of drug-likeness (QED) is 0.687. The zero-order valence-electron chi connectivity index (χ0n) is 11.1. The third-order valence-electron chi connectivity index (χ3n) is 3.16. The van der Waals surface area contributed by atoms with Crippen LogP contribution in [0.25, 0.3) is 10.9 Å². The van der Waals surface area contributed by atoms with Crippen molar-refractivity contribution in [3.63, 3.8) is 0 Å². The highest BCUT2D eigenvalue weighted by molar-refractivity contribution is 7.84. The van der Waals surface area contributed by atoms with Gasteiger partial charge in [0.15, 0.2) is 0 Å². The average Bonchev–Trinajstić information content (AvgIpc) is 2.89. The zero-order chi connectivity index (χ0) is 14.8. The molecule has 0 saturated heterocycles. The number of aromatic nitrogens is 2. The number of rotatable bonds is 4. The third-order valence-corrected chi connectivity index (χ3v) is 4.46. The van der Waals surface area contributed by atoms with Gasteiger partial charge in [0, 0.05) is 16.5 Å². The van der Waals surface area contributed by atoms with Gasteiger partial charge >= 0.3 is 7.12 Å². The number of hydrogen-bond acceptors (Lipinski definition) is 4. The van der Waals surface area contributed by atoms with Crippen molar-refractivity contribution in [2.75, 3.05) is 0 Å². The molecule has 0 spiro atoms. The topological polar surface area (TPSA) is 75.4 Å². The van der Waals surface area contributed by atoms with Crippen molar-refractivity contribution in [1.29, 1.82) is 0 Å². The second-order valence-corrected chi connectivity index (χ2v) is 6.03. The lowest BCUT2D eigenvalue weighted by Gasteiger charge is -2.01. The van der Waals surface area contributed by atoms with Crippen LogP contribution in [0.3, 0.4) is 0 Å². The van der Waals surface area contributed by atoms with Crippen molar-refractivity contribution in [3.05, 3.63) is 54.7 Å². The van der Waals surface area contributed by atoms with Gasteiger partial charge in [0.25, 0.3) is 0 Å². The van der Waals surface area contributed by atoms with E-state index in [1.807, 2.05) is 30.3 Å². The van der Waals surface area contributed by atoms with Gasteiger partial charge in [-0.15, -0.1) is 0 Å². The summed E-state index contributed by atoms with van der Waals surface area (Å²) in [5, 5.41) is 23.7. The molecule has 0 aliphatic carbocycles. The third kappa shape index (κ3) is 2.90. The Kier molecular flexibility index (Phi) is 3.87. The van der Waals surface area contributed by atoms with Crippen LogP contribution in [0.5, 0.6) is 0 Å². The van der Waals surface area contributed by atoms with Crippen LogP contribution in [0.1, 0.15) is 0 Å². The number of benzene rings is 2. The normalized spacial score (nSPS) is 12.5. The first-order chi connectivity index (χ1) is 10.1. The van der Waals surface area contributed by atoms with Crippen LogP contribution in [0.2, 0.25) is 0 Å². The summed E-state index contributed by atoms with van der Waals surface area (Å²) in [5.74, 6) is 0.222. The summed E-state index contributed by atoms with van der Waals surface area (Å²) in [6.07, 6.45) is 1.69. The second-order valence-electron chi connectivity index (χ2n) is 4.61. The molecule has 106 valence electrons. The fourth-order valence-electron chi connectivity index (χ4n) is 2.17. The molecule has 1 atom stereocenters. The first-order valence-electron chi connectivity index (χ1n) is 6.41. The molecule has 0 aliphatic heterocycles. The molecule has 0 fully saturated rings. The van der Waals surface area contributed by atoms with E-state index in [2.05, 4.69) is 5.10 Å². The lowest BCUT2D eigenvalue weighted by molar-refractivity contribution is 0.426. The van der Waals surface area contributed by atoms with E-state index in [-0.39, 0.29) is 5.88 Å². The summed E-state index contributed by atoms with van der Waals surface area (Å²) in [6.45, 7) is 0. The molecule has 1 unspecified atom stereocenters. The van der Waals surface area contributed by atoms with Gasteiger partial charge in [-0.2, -0.15) is 5.10 Å². The van der Waals surface area contributed by atoms with Crippen LogP contribution >= 0.6 is 0 Å². The van der Waals surface area contributed by atoms with Crippen molar-refractivity contribution in [2.45, 2.75) is 10.8 Å². The number of nitrogens with zero attached hydrogens (tertiary/aromatic N) is 2. The van der Waals surface area contributed by atoms with Crippen LogP contribution < -0.4 is 5.46 Å². The molecule has 2 aromatic carbocycles. The summed E-state index contributed by atoms with van der Waals surface area (Å²) in [7, 11) is -2.75. The summed E-state index contributed by atoms with van der Waals surface area (Å²) in [6, 6.07) is 14.3. The largest absolute Gasteiger partial charge is 0.489 e. The average molecular weight is 300 g/mol. The standard InChI is InChI=1S/C14H13BN2O3S/c18-15(19)13-7-4-8-14-12(13)9-17(16-14)10-21(20)11-5-2-1-3-6-11/h1-9,18-19H,10H2. The molecule has 21 heavy (non-hydrogen) atoms. The summed E-state index contributed by atoms with van der Waals surface area (Å²) >= 11 is 0. The van der Waals surface area contributed by atoms with Crippen LogP contribution in [0, 0.1) is 0 Å². The Labute approximate surface area is 124 Å². The molecule has 7 heteroatoms. The maximum Gasteiger partial charge on any atom is 0.489 e. The minimum Gasteiger partial charge on any atom is -0.423 e. The summed E-state index contributed by atoms with van der Waals surface area (Å²) in [4.78, 5) is 0.736. The molecule has 1 heterocycles. The van der Waals surface area contributed by atoms with E-state index < -0.39 is 17.9 Å².